The standard InChI is InChI=1S/C39H45N3O5/c1-3-13-30(24-37(44)41-33(26-43)22-29-17-9-6-10-18-29)38(45)42-34(23-32-25-40-36-20-12-11-19-35(32)36)27-47-39(46)31(14-4-2)21-28-15-7-5-8-16-28/h3-12,15-20,25,30-31,33-34,40,43H,1-2,13-14,21-24,26-27H2,(H,41,44)(H,42,45)/t30-,31-,33-,34+/m1/s1. The van der Waals surface area contributed by atoms with Crippen LogP contribution in [0.5, 0.6) is 0 Å². The predicted octanol–water partition coefficient (Wildman–Crippen LogP) is 5.48. The second-order valence-corrected chi connectivity index (χ2v) is 11.9. The third-order valence-electron chi connectivity index (χ3n) is 8.19. The first kappa shape index (κ1) is 34.9. The number of aromatic amines is 1. The van der Waals surface area contributed by atoms with Crippen molar-refractivity contribution in [1.82, 2.24) is 15.6 Å². The van der Waals surface area contributed by atoms with Gasteiger partial charge in [-0.3, -0.25) is 14.4 Å². The number of amides is 2. The summed E-state index contributed by atoms with van der Waals surface area (Å²) in [5, 5.41) is 16.8. The Balaban J connectivity index is 1.45. The quantitative estimate of drug-likeness (QED) is 0.0804. The lowest BCUT2D eigenvalue weighted by atomic mass is 9.96. The number of para-hydroxylation sites is 1. The van der Waals surface area contributed by atoms with Gasteiger partial charge < -0.3 is 25.5 Å². The van der Waals surface area contributed by atoms with Gasteiger partial charge in [0.25, 0.3) is 0 Å². The van der Waals surface area contributed by atoms with Crippen LogP contribution in [0.1, 0.15) is 36.0 Å². The number of esters is 1. The Hall–Kier alpha value is -4.95. The highest BCUT2D eigenvalue weighted by atomic mass is 16.5. The Morgan fingerprint density at radius 3 is 2.04 bits per heavy atom. The molecule has 0 spiro atoms. The predicted molar refractivity (Wildman–Crippen MR) is 185 cm³/mol. The molecule has 8 heteroatoms. The van der Waals surface area contributed by atoms with Gasteiger partial charge in [0.15, 0.2) is 0 Å². The first-order chi connectivity index (χ1) is 22.9. The van der Waals surface area contributed by atoms with Crippen LogP contribution in [-0.4, -0.2) is 53.2 Å². The van der Waals surface area contributed by atoms with Crippen LogP contribution in [0, 0.1) is 11.8 Å². The largest absolute Gasteiger partial charge is 0.463 e. The average molecular weight is 636 g/mol. The van der Waals surface area contributed by atoms with Crippen molar-refractivity contribution in [2.45, 2.75) is 50.6 Å². The van der Waals surface area contributed by atoms with Crippen molar-refractivity contribution >= 4 is 28.7 Å². The van der Waals surface area contributed by atoms with Crippen LogP contribution in [0.2, 0.25) is 0 Å². The van der Waals surface area contributed by atoms with Crippen LogP contribution >= 0.6 is 0 Å². The van der Waals surface area contributed by atoms with E-state index in [2.05, 4.69) is 28.8 Å². The third-order valence-corrected chi connectivity index (χ3v) is 8.19. The summed E-state index contributed by atoms with van der Waals surface area (Å²) in [5.41, 5.74) is 3.95. The van der Waals surface area contributed by atoms with Gasteiger partial charge >= 0.3 is 5.97 Å². The molecule has 4 atom stereocenters. The molecule has 0 saturated heterocycles. The number of fused-ring (bicyclic) bond motifs is 1. The summed E-state index contributed by atoms with van der Waals surface area (Å²) in [5.74, 6) is -2.14. The maximum absolute atomic E-state index is 13.7. The number of hydrogen-bond acceptors (Lipinski definition) is 5. The van der Waals surface area contributed by atoms with Crippen LogP contribution in [0.3, 0.4) is 0 Å². The number of aromatic nitrogens is 1. The molecule has 0 aliphatic rings. The van der Waals surface area contributed by atoms with Gasteiger partial charge in [-0.1, -0.05) is 91.0 Å². The topological polar surface area (TPSA) is 121 Å². The Morgan fingerprint density at radius 1 is 0.766 bits per heavy atom. The van der Waals surface area contributed by atoms with E-state index in [1.54, 1.807) is 12.2 Å². The molecule has 3 aromatic carbocycles. The highest BCUT2D eigenvalue weighted by molar-refractivity contribution is 5.87. The molecule has 0 radical (unpaired) electrons. The van der Waals surface area contributed by atoms with Crippen LogP contribution < -0.4 is 10.6 Å². The lowest BCUT2D eigenvalue weighted by molar-refractivity contribution is -0.149. The van der Waals surface area contributed by atoms with E-state index in [1.165, 1.54) is 0 Å². The SMILES string of the molecule is C=CC[C@H](CC(=O)N[C@@H](CO)Cc1ccccc1)C(=O)N[C@H](COC(=O)[C@H](CC=C)Cc1ccccc1)Cc1c[nH]c2ccccc12. The highest BCUT2D eigenvalue weighted by Crippen LogP contribution is 2.21. The van der Waals surface area contributed by atoms with Crippen molar-refractivity contribution in [3.05, 3.63) is 133 Å². The molecule has 1 aromatic heterocycles. The average Bonchev–Trinajstić information content (AvgIpc) is 3.49. The first-order valence-corrected chi connectivity index (χ1v) is 16.1. The molecule has 246 valence electrons. The molecule has 0 fully saturated rings. The minimum Gasteiger partial charge on any atom is -0.463 e. The van der Waals surface area contributed by atoms with E-state index in [-0.39, 0.29) is 43.8 Å². The maximum Gasteiger partial charge on any atom is 0.309 e. The molecule has 0 aliphatic heterocycles. The number of hydrogen-bond donors (Lipinski definition) is 4. The summed E-state index contributed by atoms with van der Waals surface area (Å²) in [6.45, 7) is 7.35. The number of benzene rings is 3. The zero-order chi connectivity index (χ0) is 33.4. The van der Waals surface area contributed by atoms with Crippen molar-refractivity contribution in [3.8, 4) is 0 Å². The summed E-state index contributed by atoms with van der Waals surface area (Å²) in [6.07, 6.45) is 7.28. The van der Waals surface area contributed by atoms with E-state index in [0.717, 1.165) is 27.6 Å². The lowest BCUT2D eigenvalue weighted by Crippen LogP contribution is -2.45. The second-order valence-electron chi connectivity index (χ2n) is 11.9. The van der Waals surface area contributed by atoms with Crippen molar-refractivity contribution in [3.63, 3.8) is 0 Å². The summed E-state index contributed by atoms with van der Waals surface area (Å²) in [4.78, 5) is 43.3. The van der Waals surface area contributed by atoms with E-state index in [0.29, 0.717) is 25.7 Å². The molecule has 8 nitrogen and oxygen atoms in total. The van der Waals surface area contributed by atoms with Gasteiger partial charge in [-0.2, -0.15) is 0 Å². The van der Waals surface area contributed by atoms with E-state index in [1.807, 2.05) is 91.1 Å². The molecule has 4 N–H and O–H groups in total. The first-order valence-electron chi connectivity index (χ1n) is 16.1. The fourth-order valence-corrected chi connectivity index (χ4v) is 5.75. The second kappa shape index (κ2) is 18.3. The third kappa shape index (κ3) is 10.8. The van der Waals surface area contributed by atoms with Gasteiger partial charge in [-0.15, -0.1) is 13.2 Å². The maximum atomic E-state index is 13.7. The molecular weight excluding hydrogens is 590 g/mol. The van der Waals surface area contributed by atoms with E-state index in [4.69, 9.17) is 4.74 Å². The molecule has 0 aliphatic carbocycles. The minimum absolute atomic E-state index is 0.0385. The van der Waals surface area contributed by atoms with Crippen LogP contribution in [0.15, 0.2) is 116 Å². The number of H-pyrrole nitrogens is 1. The molecule has 0 bridgehead atoms. The van der Waals surface area contributed by atoms with E-state index < -0.39 is 23.9 Å². The fourth-order valence-electron chi connectivity index (χ4n) is 5.75. The molecule has 2 amide bonds. The number of aliphatic hydroxyl groups excluding tert-OH is 1. The van der Waals surface area contributed by atoms with E-state index in [9.17, 15) is 19.5 Å². The fraction of sp³-hybridized carbons (Fsp3) is 0.308. The Morgan fingerprint density at radius 2 is 1.38 bits per heavy atom. The molecule has 4 aromatic rings. The number of aliphatic hydroxyl groups is 1. The zero-order valence-electron chi connectivity index (χ0n) is 26.8. The molecule has 0 saturated carbocycles. The number of ether oxygens (including phenoxy) is 1. The van der Waals surface area contributed by atoms with Crippen LogP contribution in [0.25, 0.3) is 10.9 Å². The molecular formula is C39H45N3O5. The number of carbonyl (C=O) groups is 3. The highest BCUT2D eigenvalue weighted by Gasteiger charge is 2.27. The summed E-state index contributed by atoms with van der Waals surface area (Å²) >= 11 is 0. The van der Waals surface area contributed by atoms with Crippen molar-refractivity contribution in [2.75, 3.05) is 13.2 Å². The summed E-state index contributed by atoms with van der Waals surface area (Å²) in [6, 6.07) is 26.2. The van der Waals surface area contributed by atoms with Crippen molar-refractivity contribution < 1.29 is 24.2 Å². The monoisotopic (exact) mass is 635 g/mol. The zero-order valence-corrected chi connectivity index (χ0v) is 26.8. The number of allylic oxidation sites excluding steroid dienone is 2. The molecule has 47 heavy (non-hydrogen) atoms. The molecule has 4 rings (SSSR count). The van der Waals surface area contributed by atoms with Gasteiger partial charge in [-0.25, -0.2) is 0 Å². The van der Waals surface area contributed by atoms with Gasteiger partial charge in [-0.05, 0) is 54.9 Å². The number of carbonyl (C=O) groups excluding carboxylic acids is 3. The molecule has 0 unspecified atom stereocenters. The van der Waals surface area contributed by atoms with Gasteiger partial charge in [0.1, 0.15) is 6.61 Å². The Bertz CT molecular complexity index is 1600. The summed E-state index contributed by atoms with van der Waals surface area (Å²) in [7, 11) is 0. The number of rotatable bonds is 19. The van der Waals surface area contributed by atoms with Crippen LogP contribution in [0.4, 0.5) is 0 Å². The van der Waals surface area contributed by atoms with Gasteiger partial charge in [0.05, 0.1) is 30.5 Å². The Labute approximate surface area is 276 Å². The van der Waals surface area contributed by atoms with E-state index >= 15 is 0 Å². The van der Waals surface area contributed by atoms with Gasteiger partial charge in [0, 0.05) is 23.5 Å². The summed E-state index contributed by atoms with van der Waals surface area (Å²) < 4.78 is 5.86. The number of nitrogens with one attached hydrogen (secondary N) is 3. The smallest absolute Gasteiger partial charge is 0.309 e. The van der Waals surface area contributed by atoms with Gasteiger partial charge in [0.2, 0.25) is 11.8 Å². The molecule has 1 heterocycles. The lowest BCUT2D eigenvalue weighted by Gasteiger charge is -2.24. The van der Waals surface area contributed by atoms with Crippen molar-refractivity contribution in [2.24, 2.45) is 11.8 Å². The van der Waals surface area contributed by atoms with Crippen molar-refractivity contribution in [1.29, 1.82) is 0 Å². The van der Waals surface area contributed by atoms with Crippen LogP contribution in [-0.2, 0) is 38.4 Å². The minimum atomic E-state index is -0.698. The Kier molecular flexibility index (Phi) is 13.6. The normalized spacial score (nSPS) is 13.6.